The summed E-state index contributed by atoms with van der Waals surface area (Å²) < 4.78 is 31.7. The summed E-state index contributed by atoms with van der Waals surface area (Å²) in [5.41, 5.74) is 1.26. The van der Waals surface area contributed by atoms with Gasteiger partial charge in [-0.3, -0.25) is 9.20 Å². The van der Waals surface area contributed by atoms with Crippen LogP contribution in [0.15, 0.2) is 41.6 Å². The second-order valence-electron chi connectivity index (χ2n) is 6.85. The zero-order chi connectivity index (χ0) is 17.8. The summed E-state index contributed by atoms with van der Waals surface area (Å²) in [6, 6.07) is 4.05. The number of halogens is 2. The number of benzene rings is 1. The van der Waals surface area contributed by atoms with Crippen LogP contribution < -0.4 is 5.56 Å². The number of nitrogens with zero attached hydrogens (tertiary/aromatic N) is 3. The van der Waals surface area contributed by atoms with Gasteiger partial charge in [0.15, 0.2) is 11.6 Å². The Kier molecular flexibility index (Phi) is 3.25. The molecule has 1 aromatic carbocycles. The molecule has 3 heterocycles. The van der Waals surface area contributed by atoms with E-state index in [0.717, 1.165) is 30.4 Å². The second kappa shape index (κ2) is 5.52. The molecule has 0 amide bonds. The number of aromatic nitrogens is 4. The first kappa shape index (κ1) is 15.3. The first-order valence-electron chi connectivity index (χ1n) is 8.64. The third-order valence-electron chi connectivity index (χ3n) is 5.32. The van der Waals surface area contributed by atoms with E-state index in [1.807, 2.05) is 10.6 Å². The predicted molar refractivity (Wildman–Crippen MR) is 93.4 cm³/mol. The molecule has 0 aliphatic heterocycles. The van der Waals surface area contributed by atoms with E-state index < -0.39 is 17.2 Å². The third kappa shape index (κ3) is 2.20. The Bertz CT molecular complexity index is 1200. The maximum Gasteiger partial charge on any atom is 0.248 e. The molecular weight excluding hydrogens is 338 g/mol. The topological polar surface area (TPSA) is 55.1 Å². The average molecular weight is 354 g/mol. The van der Waals surface area contributed by atoms with E-state index in [2.05, 4.69) is 20.7 Å². The van der Waals surface area contributed by atoms with Gasteiger partial charge in [-0.15, -0.1) is 0 Å². The van der Waals surface area contributed by atoms with E-state index in [4.69, 9.17) is 0 Å². The Hall–Kier alpha value is -2.96. The van der Waals surface area contributed by atoms with Gasteiger partial charge < -0.3 is 9.55 Å². The molecule has 1 aliphatic rings. The minimum atomic E-state index is -1.03. The monoisotopic (exact) mass is 354 g/mol. The summed E-state index contributed by atoms with van der Waals surface area (Å²) in [5.74, 6) is -0.752. The molecule has 1 fully saturated rings. The fourth-order valence-corrected chi connectivity index (χ4v) is 3.77. The molecule has 0 atom stereocenters. The van der Waals surface area contributed by atoms with Crippen LogP contribution >= 0.6 is 0 Å². The number of hydrogen-bond donors (Lipinski definition) is 1. The van der Waals surface area contributed by atoms with Gasteiger partial charge in [0.25, 0.3) is 0 Å². The Labute approximate surface area is 146 Å². The van der Waals surface area contributed by atoms with Crippen molar-refractivity contribution in [3.8, 4) is 0 Å². The zero-order valence-electron chi connectivity index (χ0n) is 13.9. The van der Waals surface area contributed by atoms with Crippen LogP contribution in [0.5, 0.6) is 0 Å². The van der Waals surface area contributed by atoms with Gasteiger partial charge in [-0.2, -0.15) is 0 Å². The van der Waals surface area contributed by atoms with Crippen LogP contribution in [0.4, 0.5) is 8.78 Å². The molecule has 4 aromatic rings. The first-order chi connectivity index (χ1) is 12.6. The van der Waals surface area contributed by atoms with E-state index in [9.17, 15) is 13.6 Å². The molecule has 1 saturated carbocycles. The minimum Gasteiger partial charge on any atom is -0.319 e. The Balaban J connectivity index is 1.71. The van der Waals surface area contributed by atoms with Gasteiger partial charge in [-0.1, -0.05) is 6.42 Å². The summed E-state index contributed by atoms with van der Waals surface area (Å²) in [4.78, 5) is 18.8. The quantitative estimate of drug-likeness (QED) is 0.611. The highest BCUT2D eigenvalue weighted by atomic mass is 19.2. The third-order valence-corrected chi connectivity index (χ3v) is 5.32. The van der Waals surface area contributed by atoms with Gasteiger partial charge in [0.2, 0.25) is 11.3 Å². The molecule has 3 aromatic heterocycles. The normalized spacial score (nSPS) is 15.0. The number of imidazole rings is 2. The van der Waals surface area contributed by atoms with Crippen molar-refractivity contribution in [3.63, 3.8) is 0 Å². The number of hydrogen-bond acceptors (Lipinski definition) is 2. The summed E-state index contributed by atoms with van der Waals surface area (Å²) in [7, 11) is 0. The van der Waals surface area contributed by atoms with Crippen molar-refractivity contribution in [3.05, 3.63) is 70.0 Å². The number of nitrogens with one attached hydrogen (secondary N) is 1. The van der Waals surface area contributed by atoms with Crippen molar-refractivity contribution < 1.29 is 8.78 Å². The van der Waals surface area contributed by atoms with Crippen molar-refractivity contribution in [1.29, 1.82) is 0 Å². The standard InChI is InChI=1S/C19H16F2N4O/c20-14-5-4-13-12(8-16(26)23-18(13)17(14)21)9-25-15(11-2-1-3-11)10-24-7-6-22-19(24)25/h4-8,10-11H,1-3,9H2,(H,23,26). The highest BCUT2D eigenvalue weighted by Gasteiger charge is 2.25. The number of rotatable bonds is 3. The van der Waals surface area contributed by atoms with Crippen LogP contribution in [-0.4, -0.2) is 18.9 Å². The van der Waals surface area contributed by atoms with Crippen molar-refractivity contribution >= 4 is 16.7 Å². The number of pyridine rings is 1. The van der Waals surface area contributed by atoms with Crippen LogP contribution in [0.1, 0.15) is 36.4 Å². The number of aromatic amines is 1. The lowest BCUT2D eigenvalue weighted by atomic mass is 9.83. The highest BCUT2D eigenvalue weighted by Crippen LogP contribution is 2.37. The molecule has 7 heteroatoms. The van der Waals surface area contributed by atoms with Crippen LogP contribution in [0.25, 0.3) is 16.7 Å². The second-order valence-corrected chi connectivity index (χ2v) is 6.85. The van der Waals surface area contributed by atoms with E-state index in [0.29, 0.717) is 23.4 Å². The van der Waals surface area contributed by atoms with Gasteiger partial charge >= 0.3 is 0 Å². The van der Waals surface area contributed by atoms with E-state index in [1.165, 1.54) is 18.6 Å². The fourth-order valence-electron chi connectivity index (χ4n) is 3.77. The summed E-state index contributed by atoms with van der Waals surface area (Å²) in [6.07, 6.45) is 9.14. The lowest BCUT2D eigenvalue weighted by Gasteiger charge is -2.26. The molecule has 1 N–H and O–H groups in total. The molecule has 0 spiro atoms. The average Bonchev–Trinajstić information content (AvgIpc) is 3.13. The highest BCUT2D eigenvalue weighted by molar-refractivity contribution is 5.82. The molecule has 26 heavy (non-hydrogen) atoms. The molecule has 0 unspecified atom stereocenters. The van der Waals surface area contributed by atoms with Crippen LogP contribution in [-0.2, 0) is 6.54 Å². The molecular formula is C19H16F2N4O. The minimum absolute atomic E-state index is 0.0933. The summed E-state index contributed by atoms with van der Waals surface area (Å²) >= 11 is 0. The van der Waals surface area contributed by atoms with E-state index in [1.54, 1.807) is 6.20 Å². The van der Waals surface area contributed by atoms with Gasteiger partial charge in [0.1, 0.15) is 0 Å². The molecule has 0 saturated heterocycles. The Morgan fingerprint density at radius 1 is 1.27 bits per heavy atom. The van der Waals surface area contributed by atoms with E-state index in [-0.39, 0.29) is 5.52 Å². The van der Waals surface area contributed by atoms with Crippen LogP contribution in [0.2, 0.25) is 0 Å². The maximum atomic E-state index is 14.1. The van der Waals surface area contributed by atoms with Crippen molar-refractivity contribution in [2.45, 2.75) is 31.7 Å². The largest absolute Gasteiger partial charge is 0.319 e. The Morgan fingerprint density at radius 2 is 2.12 bits per heavy atom. The Morgan fingerprint density at radius 3 is 2.88 bits per heavy atom. The summed E-state index contributed by atoms with van der Waals surface area (Å²) in [5, 5.41) is 0.501. The first-order valence-corrected chi connectivity index (χ1v) is 8.64. The van der Waals surface area contributed by atoms with Gasteiger partial charge in [-0.05, 0) is 30.5 Å². The zero-order valence-corrected chi connectivity index (χ0v) is 13.9. The fraction of sp³-hybridized carbons (Fsp3) is 0.263. The molecule has 5 rings (SSSR count). The number of H-pyrrole nitrogens is 1. The van der Waals surface area contributed by atoms with Crippen molar-refractivity contribution in [2.24, 2.45) is 0 Å². The van der Waals surface area contributed by atoms with E-state index >= 15 is 0 Å². The summed E-state index contributed by atoms with van der Waals surface area (Å²) in [6.45, 7) is 0.380. The maximum absolute atomic E-state index is 14.1. The molecule has 0 radical (unpaired) electrons. The van der Waals surface area contributed by atoms with Crippen LogP contribution in [0.3, 0.4) is 0 Å². The smallest absolute Gasteiger partial charge is 0.248 e. The lowest BCUT2D eigenvalue weighted by Crippen LogP contribution is -2.16. The molecule has 5 nitrogen and oxygen atoms in total. The molecule has 1 aliphatic carbocycles. The van der Waals surface area contributed by atoms with Gasteiger partial charge in [0.05, 0.1) is 12.1 Å². The SMILES string of the molecule is O=c1cc(Cn2c(C3CCC3)cn3ccnc23)c2ccc(F)c(F)c2[nH]1. The van der Waals surface area contributed by atoms with Crippen LogP contribution in [0, 0.1) is 11.6 Å². The molecule has 0 bridgehead atoms. The van der Waals surface area contributed by atoms with Crippen molar-refractivity contribution in [2.75, 3.05) is 0 Å². The van der Waals surface area contributed by atoms with Gasteiger partial charge in [0, 0.05) is 41.7 Å². The van der Waals surface area contributed by atoms with Gasteiger partial charge in [-0.25, -0.2) is 13.8 Å². The van der Waals surface area contributed by atoms with Crippen molar-refractivity contribution in [1.82, 2.24) is 18.9 Å². The predicted octanol–water partition coefficient (Wildman–Crippen LogP) is 3.57. The lowest BCUT2D eigenvalue weighted by molar-refractivity contribution is 0.400. The number of fused-ring (bicyclic) bond motifs is 2. The molecule has 132 valence electrons.